The number of aliphatic hydroxyl groups is 2. The van der Waals surface area contributed by atoms with E-state index >= 15 is 0 Å². The number of nitrogens with two attached hydrogens (primary N) is 1. The number of hydrogen-bond donors (Lipinski definition) is 4. The van der Waals surface area contributed by atoms with Crippen molar-refractivity contribution in [2.75, 3.05) is 11.1 Å². The van der Waals surface area contributed by atoms with E-state index in [9.17, 15) is 18.0 Å². The van der Waals surface area contributed by atoms with Crippen LogP contribution in [0.4, 0.5) is 24.8 Å². The lowest BCUT2D eigenvalue weighted by molar-refractivity contribution is -0.136. The molecule has 0 spiro atoms. The summed E-state index contributed by atoms with van der Waals surface area (Å²) in [6.07, 6.45) is -4.63. The second kappa shape index (κ2) is 9.89. The minimum Gasteiger partial charge on any atom is -0.383 e. The van der Waals surface area contributed by atoms with Gasteiger partial charge in [0.1, 0.15) is 22.7 Å². The summed E-state index contributed by atoms with van der Waals surface area (Å²) in [6, 6.07) is 10.6. The van der Waals surface area contributed by atoms with Crippen LogP contribution in [-0.2, 0) is 23.2 Å². The van der Waals surface area contributed by atoms with Gasteiger partial charge in [-0.15, -0.1) is 0 Å². The van der Waals surface area contributed by atoms with Crippen LogP contribution >= 0.6 is 0 Å². The topological polar surface area (TPSA) is 152 Å². The molecule has 1 amide bonds. The summed E-state index contributed by atoms with van der Waals surface area (Å²) in [6.45, 7) is 1.71. The molecule has 0 saturated carbocycles. The van der Waals surface area contributed by atoms with Crippen molar-refractivity contribution < 1.29 is 28.2 Å². The summed E-state index contributed by atoms with van der Waals surface area (Å²) in [5.41, 5.74) is 7.82. The molecule has 10 nitrogen and oxygen atoms in total. The molecular weight excluding hydrogens is 515 g/mol. The number of hydrogen-bond acceptors (Lipinski definition) is 8. The predicted octanol–water partition coefficient (Wildman–Crippen LogP) is 3.31. The Morgan fingerprint density at radius 3 is 2.59 bits per heavy atom. The number of fused-ring (bicyclic) bond motifs is 2. The molecule has 39 heavy (non-hydrogen) atoms. The van der Waals surface area contributed by atoms with Gasteiger partial charge in [-0.3, -0.25) is 4.79 Å². The number of nitrogen functional groups attached to an aromatic ring is 1. The van der Waals surface area contributed by atoms with Crippen molar-refractivity contribution in [3.05, 3.63) is 59.3 Å². The van der Waals surface area contributed by atoms with Crippen molar-refractivity contribution in [2.24, 2.45) is 0 Å². The highest BCUT2D eigenvalue weighted by Gasteiger charge is 2.47. The summed E-state index contributed by atoms with van der Waals surface area (Å²) in [7, 11) is 0. The van der Waals surface area contributed by atoms with E-state index in [1.54, 1.807) is 31.2 Å². The first-order chi connectivity index (χ1) is 18.5. The highest BCUT2D eigenvalue weighted by Crippen LogP contribution is 2.45. The van der Waals surface area contributed by atoms with Gasteiger partial charge in [-0.1, -0.05) is 24.3 Å². The number of pyridine rings is 1. The predicted molar refractivity (Wildman–Crippen MR) is 136 cm³/mol. The van der Waals surface area contributed by atoms with Crippen molar-refractivity contribution in [1.29, 1.82) is 0 Å². The van der Waals surface area contributed by atoms with Gasteiger partial charge in [0.25, 0.3) is 0 Å². The van der Waals surface area contributed by atoms with Crippen LogP contribution in [0.15, 0.2) is 42.6 Å². The summed E-state index contributed by atoms with van der Waals surface area (Å²) < 4.78 is 39.4. The number of nitrogens with one attached hydrogen (secondary N) is 1. The molecule has 5 rings (SSSR count). The lowest BCUT2D eigenvalue weighted by Gasteiger charge is -2.23. The van der Waals surface area contributed by atoms with Gasteiger partial charge in [-0.2, -0.15) is 18.3 Å². The first kappa shape index (κ1) is 26.5. The number of anilines is 2. The average molecular weight is 542 g/mol. The molecule has 1 aromatic carbocycles. The van der Waals surface area contributed by atoms with Crippen LogP contribution in [0.3, 0.4) is 0 Å². The fourth-order valence-corrected chi connectivity index (χ4v) is 4.85. The third kappa shape index (κ3) is 5.02. The fourth-order valence-electron chi connectivity index (χ4n) is 4.85. The molecule has 204 valence electrons. The van der Waals surface area contributed by atoms with Gasteiger partial charge < -0.3 is 21.3 Å². The Hall–Kier alpha value is -4.10. The molecule has 1 atom stereocenters. The Bertz CT molecular complexity index is 1540. The van der Waals surface area contributed by atoms with E-state index in [4.69, 9.17) is 15.9 Å². The molecule has 0 fully saturated rings. The number of carbonyl (C=O) groups excluding carboxylic acids is 1. The van der Waals surface area contributed by atoms with Crippen LogP contribution in [0.2, 0.25) is 0 Å². The molecule has 3 aromatic heterocycles. The van der Waals surface area contributed by atoms with E-state index in [0.29, 0.717) is 28.6 Å². The smallest absolute Gasteiger partial charge is 0.383 e. The van der Waals surface area contributed by atoms with Crippen LogP contribution in [-0.4, -0.2) is 53.3 Å². The average Bonchev–Trinajstić information content (AvgIpc) is 3.37. The molecule has 0 bridgehead atoms. The number of aliphatic hydroxyl groups excluding tert-OH is 1. The maximum Gasteiger partial charge on any atom is 0.389 e. The number of aryl methyl sites for hydroxylation is 2. The molecule has 5 N–H and O–H groups in total. The van der Waals surface area contributed by atoms with Crippen LogP contribution in [0.1, 0.15) is 42.9 Å². The zero-order chi connectivity index (χ0) is 27.9. The van der Waals surface area contributed by atoms with Gasteiger partial charge in [-0.25, -0.2) is 19.6 Å². The number of nitrogens with zero attached hydrogens (tertiary/aromatic N) is 5. The largest absolute Gasteiger partial charge is 0.389 e. The van der Waals surface area contributed by atoms with Crippen molar-refractivity contribution in [1.82, 2.24) is 24.7 Å². The highest BCUT2D eigenvalue weighted by atomic mass is 19.4. The minimum absolute atomic E-state index is 0.00445. The molecule has 13 heteroatoms. The van der Waals surface area contributed by atoms with Gasteiger partial charge in [0, 0.05) is 25.6 Å². The van der Waals surface area contributed by atoms with Crippen LogP contribution in [0.5, 0.6) is 0 Å². The van der Waals surface area contributed by atoms with Crippen molar-refractivity contribution in [3.8, 4) is 11.5 Å². The quantitative estimate of drug-likeness (QED) is 0.248. The third-order valence-corrected chi connectivity index (χ3v) is 6.89. The number of halogens is 3. The Labute approximate surface area is 220 Å². The Morgan fingerprint density at radius 1 is 1.15 bits per heavy atom. The molecule has 1 aliphatic rings. The monoisotopic (exact) mass is 541 g/mol. The van der Waals surface area contributed by atoms with E-state index < -0.39 is 24.3 Å². The van der Waals surface area contributed by atoms with Gasteiger partial charge in [-0.05, 0) is 43.0 Å². The first-order valence-electron chi connectivity index (χ1n) is 12.3. The second-order valence-corrected chi connectivity index (χ2v) is 9.62. The van der Waals surface area contributed by atoms with Crippen LogP contribution < -0.4 is 11.1 Å². The summed E-state index contributed by atoms with van der Waals surface area (Å²) >= 11 is 0. The first-order valence-corrected chi connectivity index (χ1v) is 12.3. The zero-order valence-corrected chi connectivity index (χ0v) is 20.9. The van der Waals surface area contributed by atoms with Crippen molar-refractivity contribution in [3.63, 3.8) is 0 Å². The number of carbonyl (C=O) groups is 1. The standard InChI is InChI=1S/C26H26F3N7O3/c1-25(15-8-5-14(6-9-15)7-10-17(37)38)18-20(30)32-22(33-21(18)34-24(25)39)19-16-4-2-12-31-23(16)36(35-19)13-3-11-26(27,28)29/h2,4-6,8-9,12,17,37-38H,3,7,10-11,13H2,1H3,(H3,30,32,33,34,39)/t25-/m0/s1. The molecular formula is C26H26F3N7O3. The van der Waals surface area contributed by atoms with E-state index in [0.717, 1.165) is 5.56 Å². The summed E-state index contributed by atoms with van der Waals surface area (Å²) in [5, 5.41) is 26.0. The zero-order valence-electron chi connectivity index (χ0n) is 20.9. The molecule has 4 heterocycles. The molecule has 4 aromatic rings. The van der Waals surface area contributed by atoms with E-state index in [-0.39, 0.29) is 48.4 Å². The summed E-state index contributed by atoms with van der Waals surface area (Å²) in [5.74, 6) is 0.0489. The van der Waals surface area contributed by atoms with Gasteiger partial charge in [0.15, 0.2) is 17.8 Å². The van der Waals surface area contributed by atoms with E-state index in [1.165, 1.54) is 10.9 Å². The number of alkyl halides is 3. The lowest BCUT2D eigenvalue weighted by atomic mass is 9.77. The number of benzene rings is 1. The highest BCUT2D eigenvalue weighted by molar-refractivity contribution is 6.09. The number of rotatable bonds is 8. The molecule has 0 radical (unpaired) electrons. The lowest BCUT2D eigenvalue weighted by Crippen LogP contribution is -2.33. The normalized spacial score (nSPS) is 17.2. The molecule has 0 unspecified atom stereocenters. The van der Waals surface area contributed by atoms with E-state index in [1.807, 2.05) is 12.1 Å². The maximum absolute atomic E-state index is 13.2. The Balaban J connectivity index is 1.50. The van der Waals surface area contributed by atoms with Gasteiger partial charge >= 0.3 is 6.18 Å². The van der Waals surface area contributed by atoms with Crippen molar-refractivity contribution in [2.45, 2.75) is 57.0 Å². The SMILES string of the molecule is C[C@@]1(c2ccc(CCC(O)O)cc2)C(=O)Nc2nc(-c3nn(CCCC(F)(F)F)c4ncccc34)nc(N)c21. The fraction of sp³-hybridized carbons (Fsp3) is 0.346. The third-order valence-electron chi connectivity index (χ3n) is 6.89. The van der Waals surface area contributed by atoms with Crippen LogP contribution in [0.25, 0.3) is 22.6 Å². The van der Waals surface area contributed by atoms with Crippen molar-refractivity contribution >= 4 is 28.6 Å². The number of aromatic nitrogens is 5. The molecule has 1 aliphatic heterocycles. The Kier molecular flexibility index (Phi) is 6.72. The Morgan fingerprint density at radius 2 is 1.90 bits per heavy atom. The van der Waals surface area contributed by atoms with Gasteiger partial charge in [0.2, 0.25) is 5.91 Å². The maximum atomic E-state index is 13.2. The van der Waals surface area contributed by atoms with Crippen LogP contribution in [0, 0.1) is 0 Å². The van der Waals surface area contributed by atoms with Gasteiger partial charge in [0.05, 0.1) is 10.9 Å². The minimum atomic E-state index is -4.27. The second-order valence-electron chi connectivity index (χ2n) is 9.62. The summed E-state index contributed by atoms with van der Waals surface area (Å²) in [4.78, 5) is 26.5. The van der Waals surface area contributed by atoms with E-state index in [2.05, 4.69) is 25.4 Å². The molecule has 0 saturated heterocycles. The number of amides is 1. The molecule has 0 aliphatic carbocycles.